The Labute approximate surface area is 159 Å². The van der Waals surface area contributed by atoms with E-state index in [1.165, 1.54) is 25.3 Å². The Balaban J connectivity index is 1.72. The Morgan fingerprint density at radius 2 is 2.14 bits per heavy atom. The van der Waals surface area contributed by atoms with Crippen LogP contribution in [-0.4, -0.2) is 40.7 Å². The van der Waals surface area contributed by atoms with Gasteiger partial charge in [0.05, 0.1) is 12.8 Å². The van der Waals surface area contributed by atoms with E-state index in [0.717, 1.165) is 0 Å². The second-order valence-electron chi connectivity index (χ2n) is 6.08. The zero-order valence-electron chi connectivity index (χ0n) is 15.2. The molecule has 1 aromatic carbocycles. The third-order valence-electron chi connectivity index (χ3n) is 4.02. The fourth-order valence-corrected chi connectivity index (χ4v) is 2.60. The quantitative estimate of drug-likeness (QED) is 0.756. The lowest BCUT2D eigenvalue weighted by molar-refractivity contribution is -0.127. The van der Waals surface area contributed by atoms with Crippen molar-refractivity contribution < 1.29 is 23.6 Å². The molecule has 0 fully saturated rings. The molecular weight excluding hydrogens is 369 g/mol. The minimum Gasteiger partial charge on any atom is -0.494 e. The summed E-state index contributed by atoms with van der Waals surface area (Å²) < 4.78 is 18.4. The number of primary amides is 1. The molecule has 0 aliphatic carbocycles. The second-order valence-corrected chi connectivity index (χ2v) is 6.08. The molecule has 1 aliphatic heterocycles. The predicted molar refractivity (Wildman–Crippen MR) is 96.1 cm³/mol. The Hall–Kier alpha value is -3.56. The maximum absolute atomic E-state index is 13.5. The molecule has 2 amide bonds. The average Bonchev–Trinajstić information content (AvgIpc) is 3.17. The third kappa shape index (κ3) is 4.22. The summed E-state index contributed by atoms with van der Waals surface area (Å²) in [5, 5.41) is 6.52. The Morgan fingerprint density at radius 3 is 2.82 bits per heavy atom. The van der Waals surface area contributed by atoms with Crippen LogP contribution in [0.2, 0.25) is 0 Å². The van der Waals surface area contributed by atoms with Crippen LogP contribution in [0.15, 0.2) is 29.4 Å². The van der Waals surface area contributed by atoms with Gasteiger partial charge in [0.15, 0.2) is 11.6 Å². The molecule has 10 heteroatoms. The van der Waals surface area contributed by atoms with Gasteiger partial charge in [-0.25, -0.2) is 14.4 Å². The fourth-order valence-electron chi connectivity index (χ4n) is 2.60. The summed E-state index contributed by atoms with van der Waals surface area (Å²) in [5.41, 5.74) is 6.78. The first-order valence-electron chi connectivity index (χ1n) is 8.36. The van der Waals surface area contributed by atoms with E-state index in [1.54, 1.807) is 13.0 Å². The molecule has 1 atom stereocenters. The van der Waals surface area contributed by atoms with Crippen LogP contribution < -0.4 is 15.8 Å². The molecule has 0 radical (unpaired) electrons. The number of benzene rings is 1. The number of carbonyl (C=O) groups excluding carboxylic acids is 2. The first-order chi connectivity index (χ1) is 13.4. The van der Waals surface area contributed by atoms with E-state index >= 15 is 0 Å². The Bertz CT molecular complexity index is 963. The largest absolute Gasteiger partial charge is 0.494 e. The van der Waals surface area contributed by atoms with E-state index in [4.69, 9.17) is 15.3 Å². The number of nitrogens with two attached hydrogens (primary N) is 1. The van der Waals surface area contributed by atoms with Gasteiger partial charge in [-0.3, -0.25) is 9.59 Å². The minimum atomic E-state index is -0.851. The fraction of sp³-hybridized carbons (Fsp3) is 0.278. The van der Waals surface area contributed by atoms with Gasteiger partial charge in [-0.2, -0.15) is 0 Å². The number of halogens is 1. The number of hydrogen-bond donors (Lipinski definition) is 2. The highest BCUT2D eigenvalue weighted by atomic mass is 19.1. The van der Waals surface area contributed by atoms with Crippen LogP contribution >= 0.6 is 0 Å². The number of aryl methyl sites for hydroxylation is 1. The van der Waals surface area contributed by atoms with Gasteiger partial charge >= 0.3 is 0 Å². The summed E-state index contributed by atoms with van der Waals surface area (Å²) in [6, 6.07) is 5.77. The summed E-state index contributed by atoms with van der Waals surface area (Å²) in [6.45, 7) is 1.79. The highest BCUT2D eigenvalue weighted by Gasteiger charge is 2.28. The van der Waals surface area contributed by atoms with E-state index < -0.39 is 23.7 Å². The molecule has 3 N–H and O–H groups in total. The number of nitrogens with one attached hydrogen (secondary N) is 1. The van der Waals surface area contributed by atoms with E-state index in [9.17, 15) is 14.0 Å². The van der Waals surface area contributed by atoms with Crippen LogP contribution in [0.1, 0.15) is 34.0 Å². The molecule has 0 bridgehead atoms. The van der Waals surface area contributed by atoms with E-state index in [-0.39, 0.29) is 24.4 Å². The normalized spacial score (nSPS) is 15.5. The van der Waals surface area contributed by atoms with Gasteiger partial charge in [0.25, 0.3) is 11.8 Å². The monoisotopic (exact) mass is 387 g/mol. The Kier molecular flexibility index (Phi) is 5.48. The number of oxime groups is 1. The van der Waals surface area contributed by atoms with Gasteiger partial charge in [-0.15, -0.1) is 0 Å². The molecule has 2 heterocycles. The lowest BCUT2D eigenvalue weighted by Crippen LogP contribution is -2.28. The third-order valence-corrected chi connectivity index (χ3v) is 4.02. The maximum Gasteiger partial charge on any atom is 0.270 e. The molecule has 28 heavy (non-hydrogen) atoms. The molecule has 2 aromatic rings. The topological polar surface area (TPSA) is 129 Å². The molecule has 146 valence electrons. The lowest BCUT2D eigenvalue weighted by atomic mass is 10.1. The SMILES string of the molecule is COc1cc(CNC(=O)c2cc(C3=NOC(C(N)=O)C3)nc(C)n2)ccc1F. The number of hydrogen-bond acceptors (Lipinski definition) is 7. The van der Waals surface area contributed by atoms with E-state index in [1.807, 2.05) is 0 Å². The highest BCUT2D eigenvalue weighted by molar-refractivity contribution is 6.04. The number of carbonyl (C=O) groups is 2. The van der Waals surface area contributed by atoms with Crippen molar-refractivity contribution in [2.75, 3.05) is 7.11 Å². The van der Waals surface area contributed by atoms with Gasteiger partial charge < -0.3 is 20.6 Å². The number of nitrogens with zero attached hydrogens (tertiary/aromatic N) is 3. The van der Waals surface area contributed by atoms with E-state index in [0.29, 0.717) is 22.8 Å². The number of methoxy groups -OCH3 is 1. The summed E-state index contributed by atoms with van der Waals surface area (Å²) in [5.74, 6) is -1.10. The minimum absolute atomic E-state index is 0.0927. The Morgan fingerprint density at radius 1 is 1.36 bits per heavy atom. The molecule has 1 unspecified atom stereocenters. The van der Waals surface area contributed by atoms with Crippen molar-refractivity contribution in [3.63, 3.8) is 0 Å². The summed E-state index contributed by atoms with van der Waals surface area (Å²) in [7, 11) is 1.37. The predicted octanol–water partition coefficient (Wildman–Crippen LogP) is 0.841. The van der Waals surface area contributed by atoms with Crippen molar-refractivity contribution in [1.29, 1.82) is 0 Å². The molecule has 3 rings (SSSR count). The number of amides is 2. The zero-order valence-corrected chi connectivity index (χ0v) is 15.2. The van der Waals surface area contributed by atoms with E-state index in [2.05, 4.69) is 20.4 Å². The first kappa shape index (κ1) is 19.2. The molecule has 1 aromatic heterocycles. The van der Waals surface area contributed by atoms with Crippen molar-refractivity contribution in [1.82, 2.24) is 15.3 Å². The zero-order chi connectivity index (χ0) is 20.3. The number of ether oxygens (including phenoxy) is 1. The molecule has 9 nitrogen and oxygen atoms in total. The molecule has 1 aliphatic rings. The lowest BCUT2D eigenvalue weighted by Gasteiger charge is -2.09. The molecule has 0 saturated heterocycles. The summed E-state index contributed by atoms with van der Waals surface area (Å²) in [6.07, 6.45) is -0.682. The van der Waals surface area contributed by atoms with Crippen molar-refractivity contribution >= 4 is 17.5 Å². The van der Waals surface area contributed by atoms with Crippen LogP contribution in [0, 0.1) is 12.7 Å². The first-order valence-corrected chi connectivity index (χ1v) is 8.36. The van der Waals surface area contributed by atoms with Crippen LogP contribution in [-0.2, 0) is 16.2 Å². The van der Waals surface area contributed by atoms with Gasteiger partial charge in [0.2, 0.25) is 6.10 Å². The summed E-state index contributed by atoms with van der Waals surface area (Å²) in [4.78, 5) is 37.0. The van der Waals surface area contributed by atoms with Crippen molar-refractivity contribution in [3.05, 3.63) is 52.9 Å². The smallest absolute Gasteiger partial charge is 0.270 e. The molecular formula is C18H18FN5O4. The van der Waals surface area contributed by atoms with Crippen molar-refractivity contribution in [2.45, 2.75) is 26.0 Å². The van der Waals surface area contributed by atoms with Gasteiger partial charge in [0, 0.05) is 13.0 Å². The second kappa shape index (κ2) is 7.99. The van der Waals surface area contributed by atoms with Crippen molar-refractivity contribution in [3.8, 4) is 5.75 Å². The van der Waals surface area contributed by atoms with Crippen LogP contribution in [0.5, 0.6) is 5.75 Å². The highest BCUT2D eigenvalue weighted by Crippen LogP contribution is 2.18. The summed E-state index contributed by atoms with van der Waals surface area (Å²) >= 11 is 0. The van der Waals surface area contributed by atoms with Crippen LogP contribution in [0.4, 0.5) is 4.39 Å². The number of rotatable bonds is 6. The molecule has 0 spiro atoms. The number of aromatic nitrogens is 2. The van der Waals surface area contributed by atoms with Crippen LogP contribution in [0.25, 0.3) is 0 Å². The van der Waals surface area contributed by atoms with Gasteiger partial charge in [-0.1, -0.05) is 11.2 Å². The van der Waals surface area contributed by atoms with Crippen LogP contribution in [0.3, 0.4) is 0 Å². The van der Waals surface area contributed by atoms with Gasteiger partial charge in [0.1, 0.15) is 17.2 Å². The van der Waals surface area contributed by atoms with Gasteiger partial charge in [-0.05, 0) is 30.7 Å². The van der Waals surface area contributed by atoms with Crippen molar-refractivity contribution in [2.24, 2.45) is 10.9 Å². The average molecular weight is 387 g/mol. The maximum atomic E-state index is 13.5. The molecule has 0 saturated carbocycles. The standard InChI is InChI=1S/C18H18FN5O4/c1-9-22-12(13-7-16(17(20)25)28-24-13)6-14(23-9)18(26)21-8-10-3-4-11(19)15(5-10)27-2/h3-6,16H,7-8H2,1-2H3,(H2,20,25)(H,21,26).